The molecule has 0 saturated heterocycles. The van der Waals surface area contributed by atoms with E-state index in [9.17, 15) is 4.79 Å². The molecule has 1 unspecified atom stereocenters. The third-order valence-corrected chi connectivity index (χ3v) is 6.33. The minimum atomic E-state index is -0.363. The van der Waals surface area contributed by atoms with E-state index in [0.29, 0.717) is 30.2 Å². The molecule has 31 heavy (non-hydrogen) atoms. The number of nitrogens with two attached hydrogens (primary N) is 1. The van der Waals surface area contributed by atoms with Crippen LogP contribution in [0.3, 0.4) is 0 Å². The Hall–Kier alpha value is -2.99. The summed E-state index contributed by atoms with van der Waals surface area (Å²) in [6.07, 6.45) is 4.58. The Kier molecular flexibility index (Phi) is 5.67. The lowest BCUT2D eigenvalue weighted by Gasteiger charge is -2.27. The average Bonchev–Trinajstić information content (AvgIpc) is 3.30. The lowest BCUT2D eigenvalue weighted by molar-refractivity contribution is 0.0766. The molecular formula is C25H31N3O3. The van der Waals surface area contributed by atoms with Crippen molar-refractivity contribution in [2.24, 2.45) is 5.73 Å². The number of rotatable bonds is 8. The van der Waals surface area contributed by atoms with Gasteiger partial charge in [-0.25, -0.2) is 0 Å². The second-order valence-electron chi connectivity index (χ2n) is 8.86. The smallest absolute Gasteiger partial charge is 0.254 e. The average molecular weight is 422 g/mol. The summed E-state index contributed by atoms with van der Waals surface area (Å²) in [4.78, 5) is 18.1. The Labute approximate surface area is 183 Å². The molecule has 164 valence electrons. The minimum absolute atomic E-state index is 0.0267. The lowest BCUT2D eigenvalue weighted by atomic mass is 9.90. The summed E-state index contributed by atoms with van der Waals surface area (Å²) >= 11 is 0. The van der Waals surface area contributed by atoms with E-state index in [4.69, 9.17) is 15.2 Å². The molecule has 0 fully saturated rings. The summed E-state index contributed by atoms with van der Waals surface area (Å²) in [5.41, 5.74) is 11.6. The minimum Gasteiger partial charge on any atom is -0.493 e. The molecule has 0 spiro atoms. The Balaban J connectivity index is 1.39. The first-order valence-corrected chi connectivity index (χ1v) is 10.7. The second-order valence-corrected chi connectivity index (χ2v) is 8.86. The molecule has 2 heterocycles. The molecule has 3 aromatic rings. The number of carbonyl (C=O) groups is 1. The van der Waals surface area contributed by atoms with Crippen LogP contribution in [0.1, 0.15) is 46.8 Å². The highest BCUT2D eigenvalue weighted by Crippen LogP contribution is 2.35. The van der Waals surface area contributed by atoms with Crippen LogP contribution in [0.15, 0.2) is 36.5 Å². The fourth-order valence-corrected chi connectivity index (χ4v) is 4.31. The van der Waals surface area contributed by atoms with Crippen LogP contribution in [0.25, 0.3) is 10.9 Å². The van der Waals surface area contributed by atoms with Crippen LogP contribution in [0.2, 0.25) is 0 Å². The van der Waals surface area contributed by atoms with Crippen LogP contribution in [-0.4, -0.2) is 42.1 Å². The maximum Gasteiger partial charge on any atom is 0.254 e. The van der Waals surface area contributed by atoms with Gasteiger partial charge in [-0.1, -0.05) is 11.6 Å². The number of carbonyl (C=O) groups excluding carboxylic acids is 1. The highest BCUT2D eigenvalue weighted by molar-refractivity contribution is 5.99. The fourth-order valence-electron chi connectivity index (χ4n) is 4.31. The summed E-state index contributed by atoms with van der Waals surface area (Å²) in [5.74, 6) is 1.25. The van der Waals surface area contributed by atoms with Gasteiger partial charge in [0.05, 0.1) is 14.2 Å². The third-order valence-electron chi connectivity index (χ3n) is 6.33. The summed E-state index contributed by atoms with van der Waals surface area (Å²) < 4.78 is 10.7. The number of H-pyrrole nitrogens is 1. The number of aryl methyl sites for hydroxylation is 2. The number of aromatic nitrogens is 1. The standard InChI is InChI=1S/C25H31N3O3/c1-16-5-6-21-19(11-16)17(14-27-21)7-8-25(2,26)9-10-28-15-18-12-22(30-3)23(31-4)13-20(18)24(28)29/h5-6,11-14,27H,7-10,15,26H2,1-4H3. The summed E-state index contributed by atoms with van der Waals surface area (Å²) in [7, 11) is 3.18. The molecular weight excluding hydrogens is 390 g/mol. The molecule has 1 aliphatic rings. The first kappa shape index (κ1) is 21.2. The van der Waals surface area contributed by atoms with Crippen LogP contribution in [0.4, 0.5) is 0 Å². The van der Waals surface area contributed by atoms with Crippen LogP contribution in [-0.2, 0) is 13.0 Å². The maximum atomic E-state index is 12.9. The number of methoxy groups -OCH3 is 2. The van der Waals surface area contributed by atoms with E-state index in [1.54, 1.807) is 20.3 Å². The van der Waals surface area contributed by atoms with Crippen molar-refractivity contribution in [2.45, 2.75) is 45.2 Å². The van der Waals surface area contributed by atoms with E-state index < -0.39 is 0 Å². The number of nitrogens with zero attached hydrogens (tertiary/aromatic N) is 1. The monoisotopic (exact) mass is 421 g/mol. The Bertz CT molecular complexity index is 1120. The molecule has 0 saturated carbocycles. The lowest BCUT2D eigenvalue weighted by Crippen LogP contribution is -2.40. The van der Waals surface area contributed by atoms with Crippen molar-refractivity contribution in [2.75, 3.05) is 20.8 Å². The van der Waals surface area contributed by atoms with Crippen molar-refractivity contribution in [3.8, 4) is 11.5 Å². The topological polar surface area (TPSA) is 80.6 Å². The van der Waals surface area contributed by atoms with Gasteiger partial charge in [-0.2, -0.15) is 0 Å². The number of nitrogens with one attached hydrogen (secondary N) is 1. The number of hydrogen-bond donors (Lipinski definition) is 2. The Morgan fingerprint density at radius 1 is 1.13 bits per heavy atom. The van der Waals surface area contributed by atoms with E-state index in [-0.39, 0.29) is 11.4 Å². The number of benzene rings is 2. The molecule has 1 atom stereocenters. The van der Waals surface area contributed by atoms with Gasteiger partial charge in [0, 0.05) is 41.3 Å². The summed E-state index contributed by atoms with van der Waals surface area (Å²) in [6.45, 7) is 5.39. The predicted octanol–water partition coefficient (Wildman–Crippen LogP) is 4.19. The van der Waals surface area contributed by atoms with Gasteiger partial charge in [-0.05, 0) is 68.5 Å². The van der Waals surface area contributed by atoms with Gasteiger partial charge in [0.1, 0.15) is 0 Å². The molecule has 0 radical (unpaired) electrons. The molecule has 0 aliphatic carbocycles. The van der Waals surface area contributed by atoms with Crippen molar-refractivity contribution in [1.29, 1.82) is 0 Å². The number of ether oxygens (including phenoxy) is 2. The van der Waals surface area contributed by atoms with Gasteiger partial charge in [0.25, 0.3) is 5.91 Å². The van der Waals surface area contributed by atoms with Gasteiger partial charge in [-0.3, -0.25) is 4.79 Å². The predicted molar refractivity (Wildman–Crippen MR) is 123 cm³/mol. The molecule has 4 rings (SSSR count). The summed E-state index contributed by atoms with van der Waals surface area (Å²) in [5, 5.41) is 1.27. The zero-order chi connectivity index (χ0) is 22.2. The molecule has 1 aliphatic heterocycles. The first-order chi connectivity index (χ1) is 14.8. The zero-order valence-corrected chi connectivity index (χ0v) is 18.7. The van der Waals surface area contributed by atoms with Gasteiger partial charge in [0.2, 0.25) is 0 Å². The highest BCUT2D eigenvalue weighted by Gasteiger charge is 2.31. The number of fused-ring (bicyclic) bond motifs is 2. The third kappa shape index (κ3) is 4.26. The largest absolute Gasteiger partial charge is 0.493 e. The quantitative estimate of drug-likeness (QED) is 0.572. The van der Waals surface area contributed by atoms with E-state index in [1.807, 2.05) is 11.0 Å². The first-order valence-electron chi connectivity index (χ1n) is 10.7. The SMILES string of the molecule is COc1cc2c(cc1OC)C(=O)N(CCC(C)(N)CCc1c[nH]c3ccc(C)cc13)C2. The number of amides is 1. The van der Waals surface area contributed by atoms with E-state index in [1.165, 1.54) is 16.5 Å². The second kappa shape index (κ2) is 8.27. The number of hydrogen-bond acceptors (Lipinski definition) is 4. The Morgan fingerprint density at radius 2 is 1.87 bits per heavy atom. The van der Waals surface area contributed by atoms with Crippen LogP contribution in [0.5, 0.6) is 11.5 Å². The van der Waals surface area contributed by atoms with Gasteiger partial charge in [0.15, 0.2) is 11.5 Å². The molecule has 1 aromatic heterocycles. The molecule has 3 N–H and O–H groups in total. The van der Waals surface area contributed by atoms with Crippen LogP contribution in [0, 0.1) is 6.92 Å². The number of aromatic amines is 1. The normalized spacial score (nSPS) is 15.3. The zero-order valence-electron chi connectivity index (χ0n) is 18.7. The van der Waals surface area contributed by atoms with Crippen molar-refractivity contribution in [3.05, 3.63) is 58.8 Å². The molecule has 6 nitrogen and oxygen atoms in total. The molecule has 1 amide bonds. The Morgan fingerprint density at radius 3 is 2.61 bits per heavy atom. The van der Waals surface area contributed by atoms with Crippen LogP contribution < -0.4 is 15.2 Å². The summed E-state index contributed by atoms with van der Waals surface area (Å²) in [6, 6.07) is 10.1. The van der Waals surface area contributed by atoms with Crippen molar-refractivity contribution >= 4 is 16.8 Å². The van der Waals surface area contributed by atoms with Crippen molar-refractivity contribution in [3.63, 3.8) is 0 Å². The maximum absolute atomic E-state index is 12.9. The van der Waals surface area contributed by atoms with Crippen molar-refractivity contribution < 1.29 is 14.3 Å². The van der Waals surface area contributed by atoms with Gasteiger partial charge >= 0.3 is 0 Å². The van der Waals surface area contributed by atoms with E-state index >= 15 is 0 Å². The molecule has 6 heteroatoms. The fraction of sp³-hybridized carbons (Fsp3) is 0.400. The van der Waals surface area contributed by atoms with Gasteiger partial charge < -0.3 is 25.1 Å². The van der Waals surface area contributed by atoms with Crippen molar-refractivity contribution in [1.82, 2.24) is 9.88 Å². The van der Waals surface area contributed by atoms with E-state index in [2.05, 4.69) is 43.2 Å². The van der Waals surface area contributed by atoms with E-state index in [0.717, 1.165) is 30.3 Å². The van der Waals surface area contributed by atoms with Gasteiger partial charge in [-0.15, -0.1) is 0 Å². The molecule has 2 aromatic carbocycles. The molecule has 0 bridgehead atoms. The van der Waals surface area contributed by atoms with Crippen LogP contribution >= 0.6 is 0 Å². The highest BCUT2D eigenvalue weighted by atomic mass is 16.5.